The highest BCUT2D eigenvalue weighted by molar-refractivity contribution is 7.11. The number of fused-ring (bicyclic) bond motifs is 1. The van der Waals surface area contributed by atoms with Gasteiger partial charge in [-0.2, -0.15) is 0 Å². The van der Waals surface area contributed by atoms with Crippen LogP contribution in [0.1, 0.15) is 54.1 Å². The van der Waals surface area contributed by atoms with Crippen LogP contribution in [0.4, 0.5) is 0 Å². The van der Waals surface area contributed by atoms with Crippen LogP contribution in [0.5, 0.6) is 0 Å². The van der Waals surface area contributed by atoms with Crippen LogP contribution in [0.15, 0.2) is 0 Å². The zero-order valence-corrected chi connectivity index (χ0v) is 11.3. The number of aromatic nitrogens is 1. The lowest BCUT2D eigenvalue weighted by Gasteiger charge is -2.32. The summed E-state index contributed by atoms with van der Waals surface area (Å²) in [7, 11) is 0. The van der Waals surface area contributed by atoms with Crippen molar-refractivity contribution in [2.75, 3.05) is 6.54 Å². The molecule has 0 aromatic carbocycles. The lowest BCUT2D eigenvalue weighted by molar-refractivity contribution is 0.256. The van der Waals surface area contributed by atoms with E-state index >= 15 is 0 Å². The van der Waals surface area contributed by atoms with Crippen LogP contribution in [0.2, 0.25) is 0 Å². The molecule has 94 valence electrons. The van der Waals surface area contributed by atoms with Gasteiger partial charge >= 0.3 is 0 Å². The molecule has 1 aromatic heterocycles. The van der Waals surface area contributed by atoms with E-state index in [0.29, 0.717) is 5.41 Å². The number of nitrogens with two attached hydrogens (primary N) is 1. The van der Waals surface area contributed by atoms with Gasteiger partial charge in [-0.3, -0.25) is 0 Å². The van der Waals surface area contributed by atoms with Crippen molar-refractivity contribution >= 4 is 11.3 Å². The first-order valence-electron chi connectivity index (χ1n) is 6.99. The molecule has 17 heavy (non-hydrogen) atoms. The fraction of sp³-hybridized carbons (Fsp3) is 0.786. The van der Waals surface area contributed by atoms with Gasteiger partial charge in [0.1, 0.15) is 0 Å². The summed E-state index contributed by atoms with van der Waals surface area (Å²) in [6.45, 7) is 0.786. The van der Waals surface area contributed by atoms with E-state index in [4.69, 9.17) is 10.7 Å². The van der Waals surface area contributed by atoms with Crippen LogP contribution in [-0.4, -0.2) is 11.5 Å². The normalized spacial score (nSPS) is 21.9. The Bertz CT molecular complexity index is 391. The molecule has 0 aliphatic heterocycles. The van der Waals surface area contributed by atoms with Crippen molar-refractivity contribution in [1.29, 1.82) is 0 Å². The summed E-state index contributed by atoms with van der Waals surface area (Å²) in [5.74, 6) is 0. The van der Waals surface area contributed by atoms with Crippen LogP contribution in [0, 0.1) is 5.41 Å². The summed E-state index contributed by atoms with van der Waals surface area (Å²) in [6, 6.07) is 0. The van der Waals surface area contributed by atoms with Crippen molar-refractivity contribution in [2.45, 2.75) is 57.8 Å². The maximum Gasteiger partial charge on any atom is 0.0931 e. The van der Waals surface area contributed by atoms with Crippen LogP contribution < -0.4 is 5.73 Å². The predicted octanol–water partition coefficient (Wildman–Crippen LogP) is 3.08. The molecule has 2 N–H and O–H groups in total. The first-order chi connectivity index (χ1) is 8.31. The highest BCUT2D eigenvalue weighted by atomic mass is 32.1. The molecular formula is C14H22N2S. The van der Waals surface area contributed by atoms with Gasteiger partial charge in [0.05, 0.1) is 10.7 Å². The monoisotopic (exact) mass is 250 g/mol. The largest absolute Gasteiger partial charge is 0.330 e. The molecule has 3 rings (SSSR count). The van der Waals surface area contributed by atoms with Gasteiger partial charge in [0.2, 0.25) is 0 Å². The average Bonchev–Trinajstić information content (AvgIpc) is 2.93. The fourth-order valence-corrected chi connectivity index (χ4v) is 4.83. The van der Waals surface area contributed by atoms with E-state index < -0.39 is 0 Å². The SMILES string of the molecule is NCCCc1nc2c(s1)CC1(CCCC1)CC2. The highest BCUT2D eigenvalue weighted by Crippen LogP contribution is 2.48. The summed E-state index contributed by atoms with van der Waals surface area (Å²) in [5.41, 5.74) is 7.66. The molecule has 3 heteroatoms. The molecule has 1 spiro atoms. The number of hydrogen-bond acceptors (Lipinski definition) is 3. The molecule has 1 fully saturated rings. The summed E-state index contributed by atoms with van der Waals surface area (Å²) >= 11 is 1.97. The first-order valence-corrected chi connectivity index (χ1v) is 7.81. The average molecular weight is 250 g/mol. The number of nitrogens with zero attached hydrogens (tertiary/aromatic N) is 1. The smallest absolute Gasteiger partial charge is 0.0931 e. The molecule has 2 aliphatic rings. The summed E-state index contributed by atoms with van der Waals surface area (Å²) in [4.78, 5) is 6.41. The fourth-order valence-electron chi connectivity index (χ4n) is 3.49. The van der Waals surface area contributed by atoms with Crippen LogP contribution in [0.25, 0.3) is 0 Å². The molecule has 0 unspecified atom stereocenters. The second-order valence-corrected chi connectivity index (χ2v) is 6.92. The third kappa shape index (κ3) is 2.27. The van der Waals surface area contributed by atoms with E-state index in [2.05, 4.69) is 0 Å². The third-order valence-corrected chi connectivity index (χ3v) is 5.67. The van der Waals surface area contributed by atoms with Crippen molar-refractivity contribution in [2.24, 2.45) is 11.1 Å². The maximum atomic E-state index is 5.57. The molecule has 0 bridgehead atoms. The molecule has 2 nitrogen and oxygen atoms in total. The number of thiazole rings is 1. The van der Waals surface area contributed by atoms with Gasteiger partial charge in [-0.25, -0.2) is 4.98 Å². The third-order valence-electron chi connectivity index (χ3n) is 4.51. The Morgan fingerprint density at radius 1 is 1.24 bits per heavy atom. The van der Waals surface area contributed by atoms with Crippen molar-refractivity contribution in [3.05, 3.63) is 15.6 Å². The van der Waals surface area contributed by atoms with Crippen molar-refractivity contribution in [1.82, 2.24) is 4.98 Å². The topological polar surface area (TPSA) is 38.9 Å². The first kappa shape index (κ1) is 11.7. The highest BCUT2D eigenvalue weighted by Gasteiger charge is 2.38. The van der Waals surface area contributed by atoms with Gasteiger partial charge < -0.3 is 5.73 Å². The Hall–Kier alpha value is -0.410. The second kappa shape index (κ2) is 4.69. The van der Waals surface area contributed by atoms with Gasteiger partial charge in [0, 0.05) is 11.3 Å². The van der Waals surface area contributed by atoms with E-state index in [9.17, 15) is 0 Å². The Kier molecular flexibility index (Phi) is 3.22. The molecule has 1 saturated carbocycles. The molecule has 0 saturated heterocycles. The maximum absolute atomic E-state index is 5.57. The molecule has 0 radical (unpaired) electrons. The minimum Gasteiger partial charge on any atom is -0.330 e. The lowest BCUT2D eigenvalue weighted by Crippen LogP contribution is -2.24. The van der Waals surface area contributed by atoms with E-state index in [-0.39, 0.29) is 0 Å². The van der Waals surface area contributed by atoms with Gasteiger partial charge in [-0.05, 0) is 50.5 Å². The Balaban J connectivity index is 1.75. The predicted molar refractivity (Wildman–Crippen MR) is 72.4 cm³/mol. The minimum atomic E-state index is 0.671. The van der Waals surface area contributed by atoms with Crippen molar-refractivity contribution < 1.29 is 0 Å². The van der Waals surface area contributed by atoms with Crippen LogP contribution in [-0.2, 0) is 19.3 Å². The van der Waals surface area contributed by atoms with E-state index in [1.54, 1.807) is 4.88 Å². The Morgan fingerprint density at radius 2 is 2.06 bits per heavy atom. The Labute approximate surface area is 108 Å². The molecule has 0 amide bonds. The molecule has 2 aliphatic carbocycles. The summed E-state index contributed by atoms with van der Waals surface area (Å²) < 4.78 is 0. The lowest BCUT2D eigenvalue weighted by atomic mass is 9.74. The standard InChI is InChI=1S/C14H22N2S/c15-9-3-4-13-16-11-5-8-14(6-1-2-7-14)10-12(11)17-13/h1-10,15H2. The second-order valence-electron chi connectivity index (χ2n) is 5.75. The molecule has 0 atom stereocenters. The minimum absolute atomic E-state index is 0.671. The van der Waals surface area contributed by atoms with Crippen LogP contribution in [0.3, 0.4) is 0 Å². The van der Waals surface area contributed by atoms with Gasteiger partial charge in [0.25, 0.3) is 0 Å². The van der Waals surface area contributed by atoms with Gasteiger partial charge in [-0.1, -0.05) is 12.8 Å². The van der Waals surface area contributed by atoms with Crippen molar-refractivity contribution in [3.63, 3.8) is 0 Å². The quantitative estimate of drug-likeness (QED) is 0.895. The zero-order chi connectivity index (χ0) is 11.7. The number of aryl methyl sites for hydroxylation is 2. The van der Waals surface area contributed by atoms with E-state index in [1.165, 1.54) is 55.6 Å². The van der Waals surface area contributed by atoms with E-state index in [1.807, 2.05) is 11.3 Å². The van der Waals surface area contributed by atoms with Gasteiger partial charge in [0.15, 0.2) is 0 Å². The number of rotatable bonds is 3. The molecular weight excluding hydrogens is 228 g/mol. The van der Waals surface area contributed by atoms with Gasteiger partial charge in [-0.15, -0.1) is 11.3 Å². The molecule has 1 aromatic rings. The Morgan fingerprint density at radius 3 is 2.82 bits per heavy atom. The van der Waals surface area contributed by atoms with E-state index in [0.717, 1.165) is 19.4 Å². The van der Waals surface area contributed by atoms with Crippen LogP contribution >= 0.6 is 11.3 Å². The summed E-state index contributed by atoms with van der Waals surface area (Å²) in [6.07, 6.45) is 11.9. The summed E-state index contributed by atoms with van der Waals surface area (Å²) in [5, 5.41) is 1.33. The zero-order valence-electron chi connectivity index (χ0n) is 10.5. The van der Waals surface area contributed by atoms with Crippen molar-refractivity contribution in [3.8, 4) is 0 Å². The molecule has 1 heterocycles. The number of hydrogen-bond donors (Lipinski definition) is 1.